The predicted octanol–water partition coefficient (Wildman–Crippen LogP) is 0.382. The zero-order chi connectivity index (χ0) is 3.58. The molecular formula is CH5NO3Ti. The largest absolute Gasteiger partial charge is 0.503 e. The van der Waals surface area contributed by atoms with Crippen LogP contribution in [0.3, 0.4) is 0 Å². The van der Waals surface area contributed by atoms with Crippen LogP contribution in [0.15, 0.2) is 0 Å². The number of carbonyl (C=O) groups is 1. The molecule has 0 rings (SSSR count). The molecular weight excluding hydrogens is 122 g/mol. The minimum Gasteiger partial charge on any atom is -0.450 e. The van der Waals surface area contributed by atoms with E-state index in [1.54, 1.807) is 0 Å². The molecule has 0 heterocycles. The van der Waals surface area contributed by atoms with Crippen LogP contribution >= 0.6 is 0 Å². The van der Waals surface area contributed by atoms with E-state index >= 15 is 0 Å². The molecule has 0 amide bonds. The van der Waals surface area contributed by atoms with Gasteiger partial charge in [-0.2, -0.15) is 0 Å². The van der Waals surface area contributed by atoms with Gasteiger partial charge in [0.1, 0.15) is 0 Å². The zero-order valence-corrected chi connectivity index (χ0v) is 4.57. The molecule has 0 aliphatic carbocycles. The van der Waals surface area contributed by atoms with Crippen LogP contribution in [0.5, 0.6) is 0 Å². The summed E-state index contributed by atoms with van der Waals surface area (Å²) in [4.78, 5) is 8.56. The van der Waals surface area contributed by atoms with Gasteiger partial charge < -0.3 is 16.4 Å². The van der Waals surface area contributed by atoms with Gasteiger partial charge in [0.25, 0.3) is 0 Å². The van der Waals surface area contributed by atoms with Gasteiger partial charge >= 0.3 is 6.16 Å². The Labute approximate surface area is 49.6 Å². The Bertz CT molecular complexity index is 33.8. The van der Waals surface area contributed by atoms with Gasteiger partial charge in [0.2, 0.25) is 0 Å². The van der Waals surface area contributed by atoms with Crippen LogP contribution in [0.2, 0.25) is 0 Å². The van der Waals surface area contributed by atoms with E-state index in [0.29, 0.717) is 0 Å². The SMILES string of the molecule is N.O=C(O)O.[Ti]. The van der Waals surface area contributed by atoms with Gasteiger partial charge in [0.05, 0.1) is 0 Å². The molecule has 0 unspecified atom stereocenters. The van der Waals surface area contributed by atoms with Crippen molar-refractivity contribution < 1.29 is 36.7 Å². The van der Waals surface area contributed by atoms with Crippen LogP contribution in [-0.2, 0) is 21.7 Å². The average molecular weight is 127 g/mol. The molecule has 0 bridgehead atoms. The van der Waals surface area contributed by atoms with Crippen molar-refractivity contribution in [2.75, 3.05) is 0 Å². The second-order valence-electron chi connectivity index (χ2n) is 0.283. The number of rotatable bonds is 0. The van der Waals surface area contributed by atoms with E-state index in [0.717, 1.165) is 0 Å². The van der Waals surface area contributed by atoms with E-state index in [1.807, 2.05) is 0 Å². The molecule has 36 valence electrons. The van der Waals surface area contributed by atoms with E-state index in [-0.39, 0.29) is 27.9 Å². The van der Waals surface area contributed by atoms with Crippen molar-refractivity contribution in [2.24, 2.45) is 0 Å². The molecule has 0 fully saturated rings. The quantitative estimate of drug-likeness (QED) is 0.410. The van der Waals surface area contributed by atoms with E-state index < -0.39 is 6.16 Å². The first-order valence-corrected chi connectivity index (χ1v) is 0.651. The van der Waals surface area contributed by atoms with Gasteiger partial charge in [0.15, 0.2) is 0 Å². The Hall–Kier alpha value is -0.0557. The monoisotopic (exact) mass is 127 g/mol. The molecule has 0 aromatic rings. The molecule has 0 spiro atoms. The maximum Gasteiger partial charge on any atom is 0.503 e. The van der Waals surface area contributed by atoms with Crippen LogP contribution in [-0.4, -0.2) is 16.4 Å². The molecule has 0 aliphatic heterocycles. The van der Waals surface area contributed by atoms with Crippen LogP contribution in [0.25, 0.3) is 0 Å². The van der Waals surface area contributed by atoms with Gasteiger partial charge in [-0.1, -0.05) is 0 Å². The first kappa shape index (κ1) is 16.8. The molecule has 0 atom stereocenters. The third kappa shape index (κ3) is 11000. The second kappa shape index (κ2) is 8.87. The molecule has 5 N–H and O–H groups in total. The second-order valence-corrected chi connectivity index (χ2v) is 0.283. The molecule has 0 radical (unpaired) electrons. The van der Waals surface area contributed by atoms with Gasteiger partial charge in [-0.15, -0.1) is 0 Å². The van der Waals surface area contributed by atoms with Crippen molar-refractivity contribution in [2.45, 2.75) is 0 Å². The summed E-state index contributed by atoms with van der Waals surface area (Å²) < 4.78 is 0. The van der Waals surface area contributed by atoms with Crippen molar-refractivity contribution in [1.29, 1.82) is 0 Å². The summed E-state index contributed by atoms with van der Waals surface area (Å²) in [6.45, 7) is 0. The zero-order valence-electron chi connectivity index (χ0n) is 3.01. The average Bonchev–Trinajstić information content (AvgIpc) is 0.811. The summed E-state index contributed by atoms with van der Waals surface area (Å²) in [6, 6.07) is 0. The van der Waals surface area contributed by atoms with E-state index in [2.05, 4.69) is 0 Å². The van der Waals surface area contributed by atoms with E-state index in [9.17, 15) is 0 Å². The summed E-state index contributed by atoms with van der Waals surface area (Å²) in [5.41, 5.74) is 0. The van der Waals surface area contributed by atoms with E-state index in [1.165, 1.54) is 0 Å². The number of hydrogen-bond donors (Lipinski definition) is 3. The van der Waals surface area contributed by atoms with Crippen molar-refractivity contribution in [3.8, 4) is 0 Å². The minimum absolute atomic E-state index is 0. The summed E-state index contributed by atoms with van der Waals surface area (Å²) in [5.74, 6) is 0. The fourth-order valence-electron chi connectivity index (χ4n) is 0. The van der Waals surface area contributed by atoms with Crippen LogP contribution in [0, 0.1) is 0 Å². The fraction of sp³-hybridized carbons (Fsp3) is 0. The van der Waals surface area contributed by atoms with Crippen LogP contribution in [0.4, 0.5) is 4.79 Å². The number of hydrogen-bond acceptors (Lipinski definition) is 2. The molecule has 6 heavy (non-hydrogen) atoms. The first-order valence-electron chi connectivity index (χ1n) is 0.651. The third-order valence-electron chi connectivity index (χ3n) is 0. The van der Waals surface area contributed by atoms with Crippen LogP contribution < -0.4 is 6.15 Å². The topological polar surface area (TPSA) is 92.5 Å². The van der Waals surface area contributed by atoms with Gasteiger partial charge in [-0.25, -0.2) is 4.79 Å². The maximum absolute atomic E-state index is 8.56. The van der Waals surface area contributed by atoms with Crippen molar-refractivity contribution in [3.63, 3.8) is 0 Å². The van der Waals surface area contributed by atoms with Crippen molar-refractivity contribution in [1.82, 2.24) is 6.15 Å². The van der Waals surface area contributed by atoms with Crippen LogP contribution in [0.1, 0.15) is 0 Å². The molecule has 4 nitrogen and oxygen atoms in total. The molecule has 5 heteroatoms. The molecule has 0 saturated carbocycles. The Balaban J connectivity index is -0.0000000450. The predicted molar refractivity (Wildman–Crippen MR) is 15.7 cm³/mol. The molecule has 0 aromatic heterocycles. The smallest absolute Gasteiger partial charge is 0.450 e. The molecule has 0 aliphatic rings. The Kier molecular flexibility index (Phi) is 24.8. The van der Waals surface area contributed by atoms with Gasteiger partial charge in [0, 0.05) is 21.7 Å². The van der Waals surface area contributed by atoms with E-state index in [4.69, 9.17) is 15.0 Å². The molecule has 0 saturated heterocycles. The summed E-state index contributed by atoms with van der Waals surface area (Å²) >= 11 is 0. The number of carboxylic acid groups (broad SMARTS) is 2. The summed E-state index contributed by atoms with van der Waals surface area (Å²) in [6.07, 6.45) is -1.83. The Morgan fingerprint density at radius 2 is 1.33 bits per heavy atom. The Morgan fingerprint density at radius 3 is 1.33 bits per heavy atom. The maximum atomic E-state index is 8.56. The standard InChI is InChI=1S/CH2O3.H3N.Ti/c2-1(3)4;;/h(H2,2,3,4);1H3;. The summed E-state index contributed by atoms with van der Waals surface area (Å²) in [5, 5.41) is 13.9. The third-order valence-corrected chi connectivity index (χ3v) is 0. The van der Waals surface area contributed by atoms with Crippen molar-refractivity contribution in [3.05, 3.63) is 0 Å². The first-order chi connectivity index (χ1) is 1.73. The Morgan fingerprint density at radius 1 is 1.33 bits per heavy atom. The van der Waals surface area contributed by atoms with Gasteiger partial charge in [-0.05, 0) is 0 Å². The summed E-state index contributed by atoms with van der Waals surface area (Å²) in [7, 11) is 0. The normalized spacial score (nSPS) is 4.00. The van der Waals surface area contributed by atoms with Gasteiger partial charge in [-0.3, -0.25) is 0 Å². The van der Waals surface area contributed by atoms with Crippen molar-refractivity contribution >= 4 is 6.16 Å². The molecule has 0 aromatic carbocycles. The fourth-order valence-corrected chi connectivity index (χ4v) is 0. The minimum atomic E-state index is -1.83.